The van der Waals surface area contributed by atoms with Crippen molar-refractivity contribution >= 4 is 44.9 Å². The normalized spacial score (nSPS) is 10.9. The first-order valence-electron chi connectivity index (χ1n) is 11.7. The molecule has 214 valence electrons. The fraction of sp³-hybridized carbons (Fsp3) is 0.259. The van der Waals surface area contributed by atoms with Crippen LogP contribution in [-0.2, 0) is 19.6 Å². The maximum Gasteiger partial charge on any atom is 0.340 e. The summed E-state index contributed by atoms with van der Waals surface area (Å²) < 4.78 is 54.7. The molecule has 0 unspecified atom stereocenters. The molecule has 0 saturated heterocycles. The Hall–Kier alpha value is -4.16. The summed E-state index contributed by atoms with van der Waals surface area (Å²) in [4.78, 5) is 25.7. The summed E-state index contributed by atoms with van der Waals surface area (Å²) in [7, 11) is 2.33. The molecule has 0 aliphatic rings. The van der Waals surface area contributed by atoms with E-state index in [4.69, 9.17) is 35.3 Å². The van der Waals surface area contributed by atoms with Gasteiger partial charge in [-0.05, 0) is 42.8 Å². The highest BCUT2D eigenvalue weighted by atomic mass is 35.5. The Morgan fingerprint density at radius 2 is 1.43 bits per heavy atom. The van der Waals surface area contributed by atoms with Crippen molar-refractivity contribution in [2.24, 2.45) is 0 Å². The molecule has 0 aliphatic carbocycles. The number of carbonyl (C=O) groups excluding carboxylic acids is 2. The zero-order valence-corrected chi connectivity index (χ0v) is 24.3. The highest BCUT2D eigenvalue weighted by molar-refractivity contribution is 7.93. The van der Waals surface area contributed by atoms with Crippen LogP contribution in [0.1, 0.15) is 15.9 Å². The molecule has 0 atom stereocenters. The summed E-state index contributed by atoms with van der Waals surface area (Å²) in [5.74, 6) is -0.686. The number of hydrogen-bond donors (Lipinski definition) is 1. The molecule has 1 amide bonds. The lowest BCUT2D eigenvalue weighted by atomic mass is 10.1. The maximum atomic E-state index is 14.0. The number of amides is 1. The van der Waals surface area contributed by atoms with Gasteiger partial charge in [0, 0.05) is 12.1 Å². The Morgan fingerprint density at radius 3 is 2.00 bits per heavy atom. The molecule has 0 radical (unpaired) electrons. The minimum absolute atomic E-state index is 0.0211. The van der Waals surface area contributed by atoms with Crippen LogP contribution in [0.4, 0.5) is 11.4 Å². The number of hydrogen-bond acceptors (Lipinski definition) is 9. The van der Waals surface area contributed by atoms with Crippen molar-refractivity contribution in [2.75, 3.05) is 51.7 Å². The number of halogens is 1. The molecule has 0 fully saturated rings. The van der Waals surface area contributed by atoms with Gasteiger partial charge in [0.05, 0.1) is 57.5 Å². The van der Waals surface area contributed by atoms with Crippen LogP contribution in [0, 0.1) is 6.92 Å². The number of anilines is 2. The fourth-order valence-corrected chi connectivity index (χ4v) is 5.72. The molecule has 0 bridgehead atoms. The van der Waals surface area contributed by atoms with Crippen LogP contribution in [0.2, 0.25) is 5.02 Å². The average Bonchev–Trinajstić information content (AvgIpc) is 2.94. The molecule has 0 saturated carbocycles. The minimum atomic E-state index is -4.39. The molecule has 0 heterocycles. The van der Waals surface area contributed by atoms with Gasteiger partial charge in [0.2, 0.25) is 5.91 Å². The molecule has 11 nitrogen and oxygen atoms in total. The van der Waals surface area contributed by atoms with Gasteiger partial charge in [0.15, 0.2) is 11.5 Å². The Bertz CT molecular complexity index is 1530. The summed E-state index contributed by atoms with van der Waals surface area (Å²) >= 11 is 6.30. The molecule has 0 aliphatic heterocycles. The van der Waals surface area contributed by atoms with Crippen LogP contribution >= 0.6 is 11.6 Å². The lowest BCUT2D eigenvalue weighted by Gasteiger charge is -2.26. The quantitative estimate of drug-likeness (QED) is 0.324. The van der Waals surface area contributed by atoms with Crippen molar-refractivity contribution in [3.8, 4) is 23.0 Å². The number of carbonyl (C=O) groups is 2. The summed E-state index contributed by atoms with van der Waals surface area (Å²) in [5, 5.41) is 2.71. The zero-order chi connectivity index (χ0) is 29.6. The average molecular weight is 593 g/mol. The van der Waals surface area contributed by atoms with E-state index in [9.17, 15) is 18.0 Å². The molecule has 3 rings (SSSR count). The summed E-state index contributed by atoms with van der Waals surface area (Å²) in [6.07, 6.45) is 0. The van der Waals surface area contributed by atoms with E-state index in [-0.39, 0.29) is 44.1 Å². The van der Waals surface area contributed by atoms with Crippen LogP contribution in [0.3, 0.4) is 0 Å². The molecule has 3 aromatic carbocycles. The first kappa shape index (κ1) is 30.4. The number of ether oxygens (including phenoxy) is 5. The predicted octanol–water partition coefficient (Wildman–Crippen LogP) is 4.30. The largest absolute Gasteiger partial charge is 0.495 e. The molecular formula is C27H29ClN2O9S. The van der Waals surface area contributed by atoms with Gasteiger partial charge in [0.1, 0.15) is 22.9 Å². The van der Waals surface area contributed by atoms with Gasteiger partial charge < -0.3 is 29.0 Å². The first-order chi connectivity index (χ1) is 19.0. The lowest BCUT2D eigenvalue weighted by molar-refractivity contribution is -0.114. The van der Waals surface area contributed by atoms with Crippen molar-refractivity contribution in [1.82, 2.24) is 0 Å². The maximum absolute atomic E-state index is 14.0. The molecule has 13 heteroatoms. The summed E-state index contributed by atoms with van der Waals surface area (Å²) in [5.41, 5.74) is 0.734. The summed E-state index contributed by atoms with van der Waals surface area (Å²) in [6.45, 7) is 1.03. The first-order valence-corrected chi connectivity index (χ1v) is 13.5. The molecule has 0 aromatic heterocycles. The topological polar surface area (TPSA) is 130 Å². The monoisotopic (exact) mass is 592 g/mol. The number of sulfonamides is 1. The van der Waals surface area contributed by atoms with Gasteiger partial charge in [-0.1, -0.05) is 17.7 Å². The Morgan fingerprint density at radius 1 is 0.825 bits per heavy atom. The highest BCUT2D eigenvalue weighted by Gasteiger charge is 2.31. The van der Waals surface area contributed by atoms with E-state index in [1.54, 1.807) is 13.0 Å². The van der Waals surface area contributed by atoms with Gasteiger partial charge in [-0.25, -0.2) is 13.2 Å². The van der Waals surface area contributed by atoms with Crippen molar-refractivity contribution in [2.45, 2.75) is 11.8 Å². The van der Waals surface area contributed by atoms with Gasteiger partial charge in [-0.3, -0.25) is 9.10 Å². The van der Waals surface area contributed by atoms with Crippen molar-refractivity contribution < 1.29 is 41.7 Å². The Labute approximate surface area is 237 Å². The third-order valence-electron chi connectivity index (χ3n) is 5.80. The Balaban J connectivity index is 2.11. The van der Waals surface area contributed by atoms with E-state index in [0.29, 0.717) is 11.3 Å². The molecular weight excluding hydrogens is 564 g/mol. The van der Waals surface area contributed by atoms with Crippen LogP contribution in [0.5, 0.6) is 23.0 Å². The van der Waals surface area contributed by atoms with Crippen LogP contribution in [0.15, 0.2) is 53.4 Å². The SMILES string of the molecule is COC(=O)c1cc(OC)c(OC)cc1NC(=O)CN(c1ccc(OC)c(Cl)c1)S(=O)(=O)c1cc(C)ccc1OC. The van der Waals surface area contributed by atoms with Crippen LogP contribution in [-0.4, -0.2) is 62.4 Å². The van der Waals surface area contributed by atoms with E-state index < -0.39 is 28.4 Å². The third kappa shape index (κ3) is 6.35. The number of methoxy groups -OCH3 is 5. The van der Waals surface area contributed by atoms with Gasteiger partial charge in [0.25, 0.3) is 10.0 Å². The van der Waals surface area contributed by atoms with E-state index in [1.807, 2.05) is 0 Å². The summed E-state index contributed by atoms with van der Waals surface area (Å²) in [6, 6.07) is 11.7. The van der Waals surface area contributed by atoms with Crippen molar-refractivity contribution in [3.05, 3.63) is 64.7 Å². The Kier molecular flexibility index (Phi) is 9.72. The lowest BCUT2D eigenvalue weighted by Crippen LogP contribution is -2.38. The zero-order valence-electron chi connectivity index (χ0n) is 22.7. The second kappa shape index (κ2) is 12.8. The van der Waals surface area contributed by atoms with Gasteiger partial charge in [-0.2, -0.15) is 0 Å². The second-order valence-corrected chi connectivity index (χ2v) is 10.5. The third-order valence-corrected chi connectivity index (χ3v) is 7.89. The molecule has 1 N–H and O–H groups in total. The van der Waals surface area contributed by atoms with Crippen molar-refractivity contribution in [3.63, 3.8) is 0 Å². The van der Waals surface area contributed by atoms with Gasteiger partial charge in [-0.15, -0.1) is 0 Å². The minimum Gasteiger partial charge on any atom is -0.495 e. The number of rotatable bonds is 11. The number of benzene rings is 3. The van der Waals surface area contributed by atoms with Crippen LogP contribution in [0.25, 0.3) is 0 Å². The van der Waals surface area contributed by atoms with E-state index in [2.05, 4.69) is 5.32 Å². The van der Waals surface area contributed by atoms with Crippen LogP contribution < -0.4 is 28.6 Å². The van der Waals surface area contributed by atoms with Crippen molar-refractivity contribution in [1.29, 1.82) is 0 Å². The number of esters is 1. The number of nitrogens with one attached hydrogen (secondary N) is 1. The van der Waals surface area contributed by atoms with Gasteiger partial charge >= 0.3 is 5.97 Å². The molecule has 0 spiro atoms. The number of nitrogens with zero attached hydrogens (tertiary/aromatic N) is 1. The van der Waals surface area contributed by atoms with E-state index >= 15 is 0 Å². The van der Waals surface area contributed by atoms with E-state index in [1.165, 1.54) is 78.0 Å². The second-order valence-electron chi connectivity index (χ2n) is 8.28. The standard InChI is InChI=1S/C27H29ClN2O9S/c1-16-7-9-22(36-3)25(11-16)40(33,34)30(17-8-10-21(35-2)19(28)12-17)15-26(31)29-20-14-24(38-5)23(37-4)13-18(20)27(32)39-6/h7-14H,15H2,1-6H3,(H,29,31). The smallest absolute Gasteiger partial charge is 0.340 e. The number of aryl methyl sites for hydroxylation is 1. The molecule has 3 aromatic rings. The van der Waals surface area contributed by atoms with E-state index in [0.717, 1.165) is 4.31 Å². The molecule has 40 heavy (non-hydrogen) atoms. The highest BCUT2D eigenvalue weighted by Crippen LogP contribution is 2.36. The fourth-order valence-electron chi connectivity index (χ4n) is 3.81. The predicted molar refractivity (Wildman–Crippen MR) is 150 cm³/mol.